The molecule has 0 aliphatic heterocycles. The summed E-state index contributed by atoms with van der Waals surface area (Å²) in [5.74, 6) is 0. The molecule has 3 nitrogen and oxygen atoms in total. The van der Waals surface area contributed by atoms with Crippen molar-refractivity contribution < 1.29 is 0 Å². The minimum absolute atomic E-state index is 0.908. The van der Waals surface area contributed by atoms with Crippen molar-refractivity contribution in [2.24, 2.45) is 0 Å². The van der Waals surface area contributed by atoms with Crippen LogP contribution in [0.1, 0.15) is 24.6 Å². The average molecular weight is 308 g/mol. The molecule has 0 saturated carbocycles. The molecule has 0 unspecified atom stereocenters. The first-order chi connectivity index (χ1) is 8.70. The largest absolute Gasteiger partial charge is 0.313 e. The van der Waals surface area contributed by atoms with Crippen molar-refractivity contribution in [3.05, 3.63) is 46.2 Å². The van der Waals surface area contributed by atoms with Gasteiger partial charge in [0.05, 0.1) is 11.4 Å². The lowest BCUT2D eigenvalue weighted by Gasteiger charge is -2.08. The van der Waals surface area contributed by atoms with E-state index in [0.717, 1.165) is 35.4 Å². The van der Waals surface area contributed by atoms with Crippen LogP contribution in [0.3, 0.4) is 0 Å². The lowest BCUT2D eigenvalue weighted by atomic mass is 10.2. The lowest BCUT2D eigenvalue weighted by molar-refractivity contribution is 0.675. The second kappa shape index (κ2) is 6.16. The molecule has 0 radical (unpaired) electrons. The van der Waals surface area contributed by atoms with Crippen molar-refractivity contribution in [2.75, 3.05) is 6.54 Å². The van der Waals surface area contributed by atoms with Gasteiger partial charge in [0.2, 0.25) is 0 Å². The summed E-state index contributed by atoms with van der Waals surface area (Å²) in [6, 6.07) is 8.39. The van der Waals surface area contributed by atoms with Crippen LogP contribution in [0.2, 0.25) is 0 Å². The van der Waals surface area contributed by atoms with Gasteiger partial charge in [-0.3, -0.25) is 0 Å². The maximum Gasteiger partial charge on any atom is 0.0787 e. The van der Waals surface area contributed by atoms with E-state index >= 15 is 0 Å². The number of aryl methyl sites for hydroxylation is 1. The summed E-state index contributed by atoms with van der Waals surface area (Å²) in [7, 11) is 0. The summed E-state index contributed by atoms with van der Waals surface area (Å²) in [5, 5.41) is 7.82. The fourth-order valence-corrected chi connectivity index (χ4v) is 2.41. The molecule has 1 aromatic heterocycles. The van der Waals surface area contributed by atoms with Crippen molar-refractivity contribution in [3.8, 4) is 5.69 Å². The van der Waals surface area contributed by atoms with Gasteiger partial charge in [-0.15, -0.1) is 0 Å². The summed E-state index contributed by atoms with van der Waals surface area (Å²) in [6.07, 6.45) is 3.14. The molecule has 4 heteroatoms. The molecule has 2 aromatic rings. The van der Waals surface area contributed by atoms with E-state index in [1.54, 1.807) is 0 Å². The molecule has 0 aliphatic rings. The monoisotopic (exact) mass is 307 g/mol. The number of nitrogens with zero attached hydrogens (tertiary/aromatic N) is 2. The van der Waals surface area contributed by atoms with Gasteiger partial charge < -0.3 is 5.32 Å². The van der Waals surface area contributed by atoms with E-state index in [0.29, 0.717) is 0 Å². The topological polar surface area (TPSA) is 29.9 Å². The van der Waals surface area contributed by atoms with Crippen LogP contribution in [0.15, 0.2) is 34.9 Å². The fraction of sp³-hybridized carbons (Fsp3) is 0.357. The average Bonchev–Trinajstić information content (AvgIpc) is 2.76. The Hall–Kier alpha value is -1.13. The molecule has 0 amide bonds. The predicted molar refractivity (Wildman–Crippen MR) is 78.0 cm³/mol. The first kappa shape index (κ1) is 13.3. The zero-order valence-corrected chi connectivity index (χ0v) is 12.4. The fourth-order valence-electron chi connectivity index (χ4n) is 1.80. The van der Waals surface area contributed by atoms with Gasteiger partial charge in [0.25, 0.3) is 0 Å². The van der Waals surface area contributed by atoms with E-state index in [9.17, 15) is 0 Å². The Morgan fingerprint density at radius 3 is 2.78 bits per heavy atom. The minimum Gasteiger partial charge on any atom is -0.313 e. The predicted octanol–water partition coefficient (Wildman–Crippen LogP) is 3.44. The Kier molecular flexibility index (Phi) is 4.55. The molecular formula is C14H18BrN3. The molecule has 96 valence electrons. The Morgan fingerprint density at radius 2 is 2.17 bits per heavy atom. The number of aromatic nitrogens is 2. The number of hydrogen-bond acceptors (Lipinski definition) is 2. The van der Waals surface area contributed by atoms with Gasteiger partial charge in [-0.2, -0.15) is 5.10 Å². The Balaban J connectivity index is 2.15. The van der Waals surface area contributed by atoms with Crippen molar-refractivity contribution in [1.82, 2.24) is 15.1 Å². The third kappa shape index (κ3) is 3.21. The first-order valence-corrected chi connectivity index (χ1v) is 7.02. The zero-order chi connectivity index (χ0) is 13.0. The van der Waals surface area contributed by atoms with Crippen LogP contribution >= 0.6 is 15.9 Å². The van der Waals surface area contributed by atoms with Crippen molar-refractivity contribution in [3.63, 3.8) is 0 Å². The van der Waals surface area contributed by atoms with E-state index in [-0.39, 0.29) is 0 Å². The van der Waals surface area contributed by atoms with Crippen LogP contribution in [-0.2, 0) is 6.54 Å². The van der Waals surface area contributed by atoms with Gasteiger partial charge in [0, 0.05) is 17.2 Å². The second-order valence-corrected chi connectivity index (χ2v) is 5.22. The standard InChI is InChI=1S/C14H18BrN3/c1-3-7-16-10-12-4-5-14(13(15)9-12)18-8-6-11(2)17-18/h4-6,8-9,16H,3,7,10H2,1-2H3. The normalized spacial score (nSPS) is 10.8. The molecule has 1 aromatic carbocycles. The van der Waals surface area contributed by atoms with Gasteiger partial charge in [0.1, 0.15) is 0 Å². The van der Waals surface area contributed by atoms with E-state index in [4.69, 9.17) is 0 Å². The van der Waals surface area contributed by atoms with Crippen molar-refractivity contribution in [2.45, 2.75) is 26.8 Å². The minimum atomic E-state index is 0.908. The van der Waals surface area contributed by atoms with Gasteiger partial charge in [0.15, 0.2) is 0 Å². The highest BCUT2D eigenvalue weighted by Gasteiger charge is 2.04. The third-order valence-corrected chi connectivity index (χ3v) is 3.37. The number of halogens is 1. The maximum atomic E-state index is 4.42. The van der Waals surface area contributed by atoms with Crippen LogP contribution in [0.5, 0.6) is 0 Å². The highest BCUT2D eigenvalue weighted by Crippen LogP contribution is 2.22. The molecular weight excluding hydrogens is 290 g/mol. The summed E-state index contributed by atoms with van der Waals surface area (Å²) >= 11 is 3.61. The summed E-state index contributed by atoms with van der Waals surface area (Å²) in [4.78, 5) is 0. The highest BCUT2D eigenvalue weighted by molar-refractivity contribution is 9.10. The number of hydrogen-bond donors (Lipinski definition) is 1. The quantitative estimate of drug-likeness (QED) is 0.858. The molecule has 18 heavy (non-hydrogen) atoms. The van der Waals surface area contributed by atoms with E-state index in [2.05, 4.69) is 51.5 Å². The van der Waals surface area contributed by atoms with Gasteiger partial charge in [-0.05, 0) is 59.6 Å². The molecule has 0 spiro atoms. The third-order valence-electron chi connectivity index (χ3n) is 2.74. The summed E-state index contributed by atoms with van der Waals surface area (Å²) < 4.78 is 2.96. The summed E-state index contributed by atoms with van der Waals surface area (Å²) in [6.45, 7) is 6.13. The van der Waals surface area contributed by atoms with E-state index in [1.165, 1.54) is 5.56 Å². The Morgan fingerprint density at radius 1 is 1.33 bits per heavy atom. The van der Waals surface area contributed by atoms with Crippen LogP contribution in [0, 0.1) is 6.92 Å². The molecule has 1 N–H and O–H groups in total. The maximum absolute atomic E-state index is 4.42. The van der Waals surface area contributed by atoms with Gasteiger partial charge >= 0.3 is 0 Å². The molecule has 0 bridgehead atoms. The molecule has 1 heterocycles. The molecule has 2 rings (SSSR count). The van der Waals surface area contributed by atoms with Gasteiger partial charge in [-0.1, -0.05) is 13.0 Å². The summed E-state index contributed by atoms with van der Waals surface area (Å²) in [5.41, 5.74) is 3.38. The zero-order valence-electron chi connectivity index (χ0n) is 10.8. The molecule has 0 fully saturated rings. The van der Waals surface area contributed by atoms with Crippen LogP contribution in [-0.4, -0.2) is 16.3 Å². The van der Waals surface area contributed by atoms with E-state index in [1.807, 2.05) is 23.9 Å². The SMILES string of the molecule is CCCNCc1ccc(-n2ccc(C)n2)c(Br)c1. The van der Waals surface area contributed by atoms with Gasteiger partial charge in [-0.25, -0.2) is 4.68 Å². The Labute approximate surface area is 116 Å². The number of nitrogens with one attached hydrogen (secondary N) is 1. The molecule has 0 saturated heterocycles. The smallest absolute Gasteiger partial charge is 0.0787 e. The first-order valence-electron chi connectivity index (χ1n) is 6.22. The lowest BCUT2D eigenvalue weighted by Crippen LogP contribution is -2.13. The van der Waals surface area contributed by atoms with Crippen LogP contribution < -0.4 is 5.32 Å². The number of benzene rings is 1. The van der Waals surface area contributed by atoms with Crippen molar-refractivity contribution in [1.29, 1.82) is 0 Å². The second-order valence-electron chi connectivity index (χ2n) is 4.36. The van der Waals surface area contributed by atoms with E-state index < -0.39 is 0 Å². The number of rotatable bonds is 5. The molecule has 0 aliphatic carbocycles. The van der Waals surface area contributed by atoms with Crippen LogP contribution in [0.4, 0.5) is 0 Å². The highest BCUT2D eigenvalue weighted by atomic mass is 79.9. The molecule has 0 atom stereocenters. The van der Waals surface area contributed by atoms with Crippen molar-refractivity contribution >= 4 is 15.9 Å². The van der Waals surface area contributed by atoms with Crippen LogP contribution in [0.25, 0.3) is 5.69 Å². The Bertz CT molecular complexity index is 520.